The van der Waals surface area contributed by atoms with Gasteiger partial charge in [-0.25, -0.2) is 0 Å². The lowest BCUT2D eigenvalue weighted by Gasteiger charge is -2.30. The van der Waals surface area contributed by atoms with E-state index in [1.807, 2.05) is 18.2 Å². The molecule has 0 saturated carbocycles. The third kappa shape index (κ3) is 3.06. The highest BCUT2D eigenvalue weighted by atomic mass is 32.1. The molecule has 120 valence electrons. The second kappa shape index (κ2) is 6.10. The molecule has 1 aromatic heterocycles. The number of nitrogens with zero attached hydrogens (tertiary/aromatic N) is 1. The van der Waals surface area contributed by atoms with Gasteiger partial charge in [0.05, 0.1) is 4.88 Å². The summed E-state index contributed by atoms with van der Waals surface area (Å²) in [7, 11) is 0. The summed E-state index contributed by atoms with van der Waals surface area (Å²) >= 11 is 1.59. The van der Waals surface area contributed by atoms with Gasteiger partial charge in [-0.2, -0.15) is 0 Å². The van der Waals surface area contributed by atoms with Crippen molar-refractivity contribution in [1.29, 1.82) is 0 Å². The molecular weight excluding hydrogens is 304 g/mol. The molecule has 2 fully saturated rings. The molecule has 3 heterocycles. The second-order valence-electron chi connectivity index (χ2n) is 6.80. The Balaban J connectivity index is 1.46. The van der Waals surface area contributed by atoms with Crippen molar-refractivity contribution in [2.24, 2.45) is 5.92 Å². The largest absolute Gasteiger partial charge is 0.347 e. The summed E-state index contributed by atoms with van der Waals surface area (Å²) in [5, 5.41) is 3.25. The van der Waals surface area contributed by atoms with Crippen LogP contribution in [0.2, 0.25) is 0 Å². The molecule has 2 aliphatic heterocycles. The number of rotatable bonds is 3. The number of hydrogen-bond acceptors (Lipinski definition) is 3. The molecule has 1 unspecified atom stereocenters. The fourth-order valence-corrected chi connectivity index (χ4v) is 4.87. The number of aryl methyl sites for hydroxylation is 1. The number of fused-ring (bicyclic) bond motifs is 2. The molecule has 3 atom stereocenters. The highest BCUT2D eigenvalue weighted by Crippen LogP contribution is 2.31. The molecule has 4 rings (SSSR count). The third-order valence-corrected chi connectivity index (χ3v) is 6.16. The van der Waals surface area contributed by atoms with Crippen LogP contribution < -0.4 is 5.32 Å². The predicted octanol–water partition coefficient (Wildman–Crippen LogP) is 3.55. The van der Waals surface area contributed by atoms with Crippen LogP contribution in [0.3, 0.4) is 0 Å². The molecule has 1 aromatic carbocycles. The van der Waals surface area contributed by atoms with E-state index in [9.17, 15) is 4.79 Å². The van der Waals surface area contributed by atoms with Gasteiger partial charge >= 0.3 is 0 Å². The molecule has 0 spiro atoms. The van der Waals surface area contributed by atoms with Crippen LogP contribution in [0.1, 0.15) is 28.1 Å². The third-order valence-electron chi connectivity index (χ3n) is 5.04. The lowest BCUT2D eigenvalue weighted by Crippen LogP contribution is -2.46. The summed E-state index contributed by atoms with van der Waals surface area (Å²) in [4.78, 5) is 17.0. The number of amides is 1. The van der Waals surface area contributed by atoms with Gasteiger partial charge < -0.3 is 10.2 Å². The number of nitrogens with one attached hydrogen (secondary N) is 1. The van der Waals surface area contributed by atoms with Crippen LogP contribution in [0.25, 0.3) is 10.4 Å². The maximum atomic E-state index is 12.6. The highest BCUT2D eigenvalue weighted by Gasteiger charge is 2.33. The normalized spacial score (nSPS) is 26.2. The Kier molecular flexibility index (Phi) is 3.95. The van der Waals surface area contributed by atoms with Crippen molar-refractivity contribution < 1.29 is 4.79 Å². The highest BCUT2D eigenvalue weighted by molar-refractivity contribution is 7.17. The lowest BCUT2D eigenvalue weighted by atomic mass is 9.97. The minimum Gasteiger partial charge on any atom is -0.347 e. The van der Waals surface area contributed by atoms with E-state index in [0.717, 1.165) is 23.8 Å². The van der Waals surface area contributed by atoms with Gasteiger partial charge in [-0.15, -0.1) is 11.3 Å². The molecule has 4 heteroatoms. The van der Waals surface area contributed by atoms with Gasteiger partial charge in [0, 0.05) is 24.0 Å². The van der Waals surface area contributed by atoms with Crippen molar-refractivity contribution in [2.45, 2.75) is 25.8 Å². The summed E-state index contributed by atoms with van der Waals surface area (Å²) in [5.41, 5.74) is 2.47. The maximum absolute atomic E-state index is 12.6. The van der Waals surface area contributed by atoms with Gasteiger partial charge in [0.25, 0.3) is 5.91 Å². The molecule has 3 nitrogen and oxygen atoms in total. The first-order valence-electron chi connectivity index (χ1n) is 8.38. The minimum absolute atomic E-state index is 0.0855. The Morgan fingerprint density at radius 3 is 2.91 bits per heavy atom. The van der Waals surface area contributed by atoms with Crippen LogP contribution in [0.5, 0.6) is 0 Å². The van der Waals surface area contributed by atoms with Gasteiger partial charge in [-0.1, -0.05) is 24.3 Å². The van der Waals surface area contributed by atoms with Gasteiger partial charge in [0.2, 0.25) is 0 Å². The van der Waals surface area contributed by atoms with Gasteiger partial charge in [0.15, 0.2) is 0 Å². The van der Waals surface area contributed by atoms with Crippen LogP contribution in [0, 0.1) is 12.8 Å². The number of thiophene rings is 1. The average molecular weight is 326 g/mol. The number of carbonyl (C=O) groups excluding carboxylic acids is 1. The molecular formula is C19H22N2OS. The Hall–Kier alpha value is -1.65. The van der Waals surface area contributed by atoms with Crippen LogP contribution in [-0.4, -0.2) is 36.5 Å². The zero-order valence-corrected chi connectivity index (χ0v) is 14.2. The molecule has 1 amide bonds. The van der Waals surface area contributed by atoms with Gasteiger partial charge in [0.1, 0.15) is 0 Å². The topological polar surface area (TPSA) is 32.3 Å². The van der Waals surface area contributed by atoms with E-state index in [1.165, 1.54) is 35.5 Å². The van der Waals surface area contributed by atoms with Crippen LogP contribution >= 0.6 is 11.3 Å². The van der Waals surface area contributed by atoms with Gasteiger partial charge in [-0.05, 0) is 55.5 Å². The van der Waals surface area contributed by atoms with E-state index in [-0.39, 0.29) is 5.91 Å². The minimum atomic E-state index is 0.0855. The Labute approximate surface area is 141 Å². The van der Waals surface area contributed by atoms with Crippen molar-refractivity contribution in [3.8, 4) is 10.4 Å². The van der Waals surface area contributed by atoms with Crippen molar-refractivity contribution >= 4 is 17.2 Å². The van der Waals surface area contributed by atoms with Crippen LogP contribution in [0.4, 0.5) is 0 Å². The van der Waals surface area contributed by atoms with E-state index in [0.29, 0.717) is 6.04 Å². The summed E-state index contributed by atoms with van der Waals surface area (Å²) in [6.45, 7) is 5.55. The zero-order valence-electron chi connectivity index (χ0n) is 13.4. The van der Waals surface area contributed by atoms with Crippen molar-refractivity contribution in [2.75, 3.05) is 19.6 Å². The van der Waals surface area contributed by atoms with Gasteiger partial charge in [-0.3, -0.25) is 4.79 Å². The average Bonchev–Trinajstić information content (AvgIpc) is 3.15. The monoisotopic (exact) mass is 326 g/mol. The van der Waals surface area contributed by atoms with E-state index >= 15 is 0 Å². The number of benzene rings is 1. The summed E-state index contributed by atoms with van der Waals surface area (Å²) in [6.07, 6.45) is 2.43. The smallest absolute Gasteiger partial charge is 0.261 e. The summed E-state index contributed by atoms with van der Waals surface area (Å²) < 4.78 is 0. The molecule has 2 aliphatic rings. The van der Waals surface area contributed by atoms with Crippen LogP contribution in [-0.2, 0) is 0 Å². The predicted molar refractivity (Wildman–Crippen MR) is 94.9 cm³/mol. The van der Waals surface area contributed by atoms with E-state index in [1.54, 1.807) is 11.3 Å². The van der Waals surface area contributed by atoms with Crippen molar-refractivity contribution in [3.05, 3.63) is 46.8 Å². The number of hydrogen-bond donors (Lipinski definition) is 1. The first-order chi connectivity index (χ1) is 11.2. The van der Waals surface area contributed by atoms with Crippen molar-refractivity contribution in [3.63, 3.8) is 0 Å². The molecule has 0 aliphatic carbocycles. The molecule has 0 radical (unpaired) electrons. The number of piperidine rings is 1. The Morgan fingerprint density at radius 2 is 2.09 bits per heavy atom. The first kappa shape index (κ1) is 14.9. The van der Waals surface area contributed by atoms with E-state index < -0.39 is 0 Å². The lowest BCUT2D eigenvalue weighted by molar-refractivity contribution is 0.0913. The maximum Gasteiger partial charge on any atom is 0.261 e. The molecule has 1 N–H and O–H groups in total. The quantitative estimate of drug-likeness (QED) is 0.935. The first-order valence-corrected chi connectivity index (χ1v) is 9.20. The SMILES string of the molecule is Cc1ccccc1-c1ccc(C(=O)N[C@@H]2C[C@@H]3CCN(C3)C2)s1. The molecule has 23 heavy (non-hydrogen) atoms. The Bertz CT molecular complexity index is 712. The summed E-state index contributed by atoms with van der Waals surface area (Å²) in [6, 6.07) is 12.7. The number of carbonyl (C=O) groups is 1. The molecule has 2 aromatic rings. The van der Waals surface area contributed by atoms with Crippen molar-refractivity contribution in [1.82, 2.24) is 10.2 Å². The molecule has 2 bridgehead atoms. The second-order valence-corrected chi connectivity index (χ2v) is 7.88. The van der Waals surface area contributed by atoms with E-state index in [4.69, 9.17) is 0 Å². The summed E-state index contributed by atoms with van der Waals surface area (Å²) in [5.74, 6) is 0.863. The van der Waals surface area contributed by atoms with Crippen LogP contribution in [0.15, 0.2) is 36.4 Å². The fourth-order valence-electron chi connectivity index (χ4n) is 3.87. The standard InChI is InChI=1S/C19H22N2OS/c1-13-4-2-3-5-16(13)17-6-7-18(23-17)19(22)20-15-10-14-8-9-21(11-14)12-15/h2-7,14-15H,8-12H2,1H3,(H,20,22)/t14-,15+/m0/s1. The fraction of sp³-hybridized carbons (Fsp3) is 0.421. The molecule has 2 saturated heterocycles. The Morgan fingerprint density at radius 1 is 1.22 bits per heavy atom. The van der Waals surface area contributed by atoms with E-state index in [2.05, 4.69) is 35.3 Å². The zero-order chi connectivity index (χ0) is 15.8.